The lowest BCUT2D eigenvalue weighted by atomic mass is 9.83. The van der Waals surface area contributed by atoms with E-state index in [4.69, 9.17) is 16.3 Å². The highest BCUT2D eigenvalue weighted by Crippen LogP contribution is 2.26. The highest BCUT2D eigenvalue weighted by Gasteiger charge is 2.31. The lowest BCUT2D eigenvalue weighted by molar-refractivity contribution is -0.126. The van der Waals surface area contributed by atoms with Gasteiger partial charge in [-0.3, -0.25) is 9.69 Å². The van der Waals surface area contributed by atoms with Crippen molar-refractivity contribution in [2.75, 3.05) is 32.8 Å². The van der Waals surface area contributed by atoms with Gasteiger partial charge in [0.05, 0.1) is 24.7 Å². The number of hydrogen-bond donors (Lipinski definition) is 1. The molecular weight excluding hydrogens is 372 g/mol. The first-order valence-electron chi connectivity index (χ1n) is 9.80. The van der Waals surface area contributed by atoms with Gasteiger partial charge in [-0.2, -0.15) is 0 Å². The van der Waals surface area contributed by atoms with E-state index in [1.807, 2.05) is 50.2 Å². The van der Waals surface area contributed by atoms with Gasteiger partial charge in [-0.05, 0) is 44.0 Å². The summed E-state index contributed by atoms with van der Waals surface area (Å²) in [5, 5.41) is 3.91. The number of carbonyl (C=O) groups excluding carboxylic acids is 1. The Bertz CT molecular complexity index is 781. The van der Waals surface area contributed by atoms with Crippen LogP contribution < -0.4 is 5.32 Å². The summed E-state index contributed by atoms with van der Waals surface area (Å²) in [7, 11) is 0. The molecule has 3 rings (SSSR count). The zero-order valence-electron chi connectivity index (χ0n) is 16.9. The molecule has 0 saturated carbocycles. The van der Waals surface area contributed by atoms with Crippen molar-refractivity contribution in [2.45, 2.75) is 32.2 Å². The maximum Gasteiger partial charge on any atom is 0.230 e. The average Bonchev–Trinajstić information content (AvgIpc) is 2.70. The number of halogens is 1. The summed E-state index contributed by atoms with van der Waals surface area (Å²) >= 11 is 6.07. The summed E-state index contributed by atoms with van der Waals surface area (Å²) in [6, 6.07) is 16.2. The predicted molar refractivity (Wildman–Crippen MR) is 114 cm³/mol. The van der Waals surface area contributed by atoms with Gasteiger partial charge >= 0.3 is 0 Å². The highest BCUT2D eigenvalue weighted by molar-refractivity contribution is 6.30. The number of carbonyl (C=O) groups is 1. The number of rotatable bonds is 6. The fourth-order valence-corrected chi connectivity index (χ4v) is 3.67. The Morgan fingerprint density at radius 3 is 2.32 bits per heavy atom. The first-order valence-corrected chi connectivity index (χ1v) is 10.2. The molecule has 1 aliphatic rings. The number of amides is 1. The van der Waals surface area contributed by atoms with E-state index in [-0.39, 0.29) is 11.9 Å². The molecule has 0 radical (unpaired) electrons. The second kappa shape index (κ2) is 9.08. The molecule has 0 spiro atoms. The summed E-state index contributed by atoms with van der Waals surface area (Å²) in [4.78, 5) is 15.4. The first kappa shape index (κ1) is 20.8. The Morgan fingerprint density at radius 1 is 1.11 bits per heavy atom. The van der Waals surface area contributed by atoms with Gasteiger partial charge in [0, 0.05) is 24.7 Å². The fourth-order valence-electron chi connectivity index (χ4n) is 3.54. The predicted octanol–water partition coefficient (Wildman–Crippen LogP) is 4.12. The van der Waals surface area contributed by atoms with Crippen molar-refractivity contribution in [1.29, 1.82) is 0 Å². The molecule has 1 fully saturated rings. The van der Waals surface area contributed by atoms with Crippen molar-refractivity contribution in [3.63, 3.8) is 0 Å². The summed E-state index contributed by atoms with van der Waals surface area (Å²) < 4.78 is 5.50. The van der Waals surface area contributed by atoms with E-state index >= 15 is 0 Å². The number of morpholine rings is 1. The van der Waals surface area contributed by atoms with Crippen molar-refractivity contribution in [2.24, 2.45) is 0 Å². The zero-order chi connectivity index (χ0) is 20.1. The second-order valence-electron chi connectivity index (χ2n) is 7.92. The lowest BCUT2D eigenvalue weighted by Crippen LogP contribution is -2.47. The van der Waals surface area contributed by atoms with Crippen molar-refractivity contribution in [3.8, 4) is 0 Å². The van der Waals surface area contributed by atoms with Crippen LogP contribution in [-0.2, 0) is 14.9 Å². The fraction of sp³-hybridized carbons (Fsp3) is 0.435. The van der Waals surface area contributed by atoms with Crippen LogP contribution in [0.3, 0.4) is 0 Å². The normalized spacial score (nSPS) is 16.6. The molecule has 1 aliphatic heterocycles. The maximum absolute atomic E-state index is 13.0. The molecule has 2 aromatic carbocycles. The summed E-state index contributed by atoms with van der Waals surface area (Å²) in [6.07, 6.45) is 0. The monoisotopic (exact) mass is 400 g/mol. The summed E-state index contributed by atoms with van der Waals surface area (Å²) in [6.45, 7) is 9.68. The Morgan fingerprint density at radius 2 is 1.71 bits per heavy atom. The van der Waals surface area contributed by atoms with Crippen molar-refractivity contribution in [1.82, 2.24) is 10.2 Å². The molecule has 5 heteroatoms. The Kier molecular flexibility index (Phi) is 6.76. The number of ether oxygens (including phenoxy) is 1. The molecule has 28 heavy (non-hydrogen) atoms. The Hall–Kier alpha value is -1.88. The zero-order valence-corrected chi connectivity index (χ0v) is 17.6. The van der Waals surface area contributed by atoms with Crippen molar-refractivity contribution >= 4 is 17.5 Å². The van der Waals surface area contributed by atoms with E-state index in [1.165, 1.54) is 5.56 Å². The minimum Gasteiger partial charge on any atom is -0.379 e. The molecule has 1 N–H and O–H groups in total. The molecule has 1 atom stereocenters. The van der Waals surface area contributed by atoms with Gasteiger partial charge in [0.15, 0.2) is 0 Å². The number of benzene rings is 2. The van der Waals surface area contributed by atoms with Gasteiger partial charge in [0.1, 0.15) is 0 Å². The molecule has 1 amide bonds. The van der Waals surface area contributed by atoms with Gasteiger partial charge in [-0.15, -0.1) is 0 Å². The van der Waals surface area contributed by atoms with Crippen molar-refractivity contribution < 1.29 is 9.53 Å². The highest BCUT2D eigenvalue weighted by atomic mass is 35.5. The van der Waals surface area contributed by atoms with Crippen LogP contribution >= 0.6 is 11.6 Å². The molecule has 0 aromatic heterocycles. The molecule has 0 aliphatic carbocycles. The molecule has 1 unspecified atom stereocenters. The van der Waals surface area contributed by atoms with Gasteiger partial charge in [-0.25, -0.2) is 0 Å². The largest absolute Gasteiger partial charge is 0.379 e. The molecular formula is C23H29ClN2O2. The third-order valence-electron chi connectivity index (χ3n) is 5.54. The topological polar surface area (TPSA) is 41.6 Å². The molecule has 0 bridgehead atoms. The molecule has 1 saturated heterocycles. The van der Waals surface area contributed by atoms with Crippen LogP contribution in [0.2, 0.25) is 5.02 Å². The van der Waals surface area contributed by atoms with Gasteiger partial charge in [0.2, 0.25) is 5.91 Å². The van der Waals surface area contributed by atoms with Crippen LogP contribution in [0.5, 0.6) is 0 Å². The third-order valence-corrected chi connectivity index (χ3v) is 5.79. The SMILES string of the molecule is Cc1ccc(C(C)(C)C(=O)NCC(c2ccc(Cl)cc2)N2CCOCC2)cc1. The van der Waals surface area contributed by atoms with Crippen LogP contribution in [0.4, 0.5) is 0 Å². The third kappa shape index (κ3) is 4.93. The Balaban J connectivity index is 1.74. The smallest absolute Gasteiger partial charge is 0.230 e. The van der Waals surface area contributed by atoms with Crippen LogP contribution in [0, 0.1) is 6.92 Å². The summed E-state index contributed by atoms with van der Waals surface area (Å²) in [5.74, 6) is 0.0311. The van der Waals surface area contributed by atoms with Gasteiger partial charge in [-0.1, -0.05) is 53.6 Å². The minimum atomic E-state index is -0.594. The second-order valence-corrected chi connectivity index (χ2v) is 8.35. The average molecular weight is 401 g/mol. The number of nitrogens with zero attached hydrogens (tertiary/aromatic N) is 1. The quantitative estimate of drug-likeness (QED) is 0.793. The van der Waals surface area contributed by atoms with Crippen LogP contribution in [-0.4, -0.2) is 43.7 Å². The number of nitrogens with one attached hydrogen (secondary N) is 1. The van der Waals surface area contributed by atoms with Crippen LogP contribution in [0.1, 0.15) is 36.6 Å². The Labute approximate surface area is 172 Å². The minimum absolute atomic E-state index is 0.0311. The van der Waals surface area contributed by atoms with Crippen molar-refractivity contribution in [3.05, 3.63) is 70.2 Å². The molecule has 150 valence electrons. The first-order chi connectivity index (χ1) is 13.4. The van der Waals surface area contributed by atoms with E-state index in [1.54, 1.807) is 0 Å². The number of hydrogen-bond acceptors (Lipinski definition) is 3. The lowest BCUT2D eigenvalue weighted by Gasteiger charge is -2.35. The van der Waals surface area contributed by atoms with E-state index in [0.717, 1.165) is 24.2 Å². The summed E-state index contributed by atoms with van der Waals surface area (Å²) in [5.41, 5.74) is 2.77. The molecule has 1 heterocycles. The molecule has 2 aromatic rings. The van der Waals surface area contributed by atoms with E-state index in [0.29, 0.717) is 24.8 Å². The van der Waals surface area contributed by atoms with Gasteiger partial charge < -0.3 is 10.1 Å². The molecule has 4 nitrogen and oxygen atoms in total. The maximum atomic E-state index is 13.0. The van der Waals surface area contributed by atoms with Crippen LogP contribution in [0.15, 0.2) is 48.5 Å². The van der Waals surface area contributed by atoms with Crippen LogP contribution in [0.25, 0.3) is 0 Å². The number of aryl methyl sites for hydroxylation is 1. The van der Waals surface area contributed by atoms with E-state index in [9.17, 15) is 4.79 Å². The van der Waals surface area contributed by atoms with E-state index < -0.39 is 5.41 Å². The standard InChI is InChI=1S/C23H29ClN2O2/c1-17-4-8-19(9-5-17)23(2,3)22(27)25-16-21(26-12-14-28-15-13-26)18-6-10-20(24)11-7-18/h4-11,21H,12-16H2,1-3H3,(H,25,27). The van der Waals surface area contributed by atoms with E-state index in [2.05, 4.69) is 29.3 Å². The van der Waals surface area contributed by atoms with Gasteiger partial charge in [0.25, 0.3) is 0 Å².